The number of hydrogen-bond acceptors (Lipinski definition) is 3. The number of unbranched alkanes of at least 4 members (excludes halogenated alkanes) is 1. The van der Waals surface area contributed by atoms with Gasteiger partial charge >= 0.3 is 0 Å². The largest absolute Gasteiger partial charge is 0.491 e. The fraction of sp³-hybridized carbons (Fsp3) is 0.538. The first-order chi connectivity index (χ1) is 8.29. The molecule has 1 aromatic rings. The van der Waals surface area contributed by atoms with E-state index in [0.717, 1.165) is 30.8 Å². The van der Waals surface area contributed by atoms with E-state index in [1.54, 1.807) is 0 Å². The Labute approximate surface area is 108 Å². The van der Waals surface area contributed by atoms with E-state index >= 15 is 0 Å². The van der Waals surface area contributed by atoms with Gasteiger partial charge in [0.05, 0.1) is 6.61 Å². The minimum absolute atomic E-state index is 0.381. The molecule has 0 aliphatic carbocycles. The Morgan fingerprint density at radius 1 is 1.24 bits per heavy atom. The molecular formula is C13H20ClNO2. The molecule has 0 saturated carbocycles. The van der Waals surface area contributed by atoms with Crippen LogP contribution in [0, 0.1) is 0 Å². The van der Waals surface area contributed by atoms with Gasteiger partial charge in [-0.3, -0.25) is 0 Å². The van der Waals surface area contributed by atoms with Crippen LogP contribution in [0.2, 0.25) is 5.02 Å². The van der Waals surface area contributed by atoms with Crippen LogP contribution in [-0.4, -0.2) is 19.8 Å². The molecule has 1 aromatic carbocycles. The summed E-state index contributed by atoms with van der Waals surface area (Å²) in [5.41, 5.74) is 6.48. The smallest absolute Gasteiger partial charge is 0.125 e. The first-order valence-corrected chi connectivity index (χ1v) is 6.35. The monoisotopic (exact) mass is 257 g/mol. The van der Waals surface area contributed by atoms with Crippen LogP contribution in [0.4, 0.5) is 0 Å². The number of ether oxygens (including phenoxy) is 2. The number of nitrogens with two attached hydrogens (primary N) is 1. The summed E-state index contributed by atoms with van der Waals surface area (Å²) in [7, 11) is 0. The van der Waals surface area contributed by atoms with Crippen LogP contribution >= 0.6 is 11.6 Å². The van der Waals surface area contributed by atoms with Gasteiger partial charge in [0.25, 0.3) is 0 Å². The van der Waals surface area contributed by atoms with E-state index in [-0.39, 0.29) is 0 Å². The van der Waals surface area contributed by atoms with Gasteiger partial charge in [-0.2, -0.15) is 0 Å². The van der Waals surface area contributed by atoms with Crippen molar-refractivity contribution in [2.24, 2.45) is 5.73 Å². The van der Waals surface area contributed by atoms with E-state index in [1.807, 2.05) is 18.2 Å². The minimum Gasteiger partial charge on any atom is -0.491 e. The molecule has 1 rings (SSSR count). The van der Waals surface area contributed by atoms with Crippen LogP contribution < -0.4 is 10.5 Å². The predicted octanol–water partition coefficient (Wildman–Crippen LogP) is 2.99. The van der Waals surface area contributed by atoms with Gasteiger partial charge in [-0.25, -0.2) is 0 Å². The Balaban J connectivity index is 2.33. The topological polar surface area (TPSA) is 44.5 Å². The Kier molecular flexibility index (Phi) is 7.01. The van der Waals surface area contributed by atoms with Crippen molar-refractivity contribution in [2.75, 3.05) is 19.8 Å². The maximum absolute atomic E-state index is 6.02. The maximum atomic E-state index is 6.02. The maximum Gasteiger partial charge on any atom is 0.125 e. The molecule has 4 heteroatoms. The van der Waals surface area contributed by atoms with E-state index in [2.05, 4.69) is 6.92 Å². The van der Waals surface area contributed by atoms with Gasteiger partial charge in [-0.15, -0.1) is 0 Å². The van der Waals surface area contributed by atoms with Crippen molar-refractivity contribution in [2.45, 2.75) is 26.3 Å². The number of hydrogen-bond donors (Lipinski definition) is 1. The number of halogens is 1. The van der Waals surface area contributed by atoms with Crippen molar-refractivity contribution >= 4 is 11.6 Å². The average Bonchev–Trinajstić information content (AvgIpc) is 2.34. The number of rotatable bonds is 8. The highest BCUT2D eigenvalue weighted by atomic mass is 35.5. The zero-order chi connectivity index (χ0) is 12.5. The summed E-state index contributed by atoms with van der Waals surface area (Å²) in [6.45, 7) is 4.43. The second-order valence-corrected chi connectivity index (χ2v) is 4.14. The summed E-state index contributed by atoms with van der Waals surface area (Å²) < 4.78 is 11.0. The Morgan fingerprint density at radius 3 is 2.76 bits per heavy atom. The van der Waals surface area contributed by atoms with E-state index < -0.39 is 0 Å². The van der Waals surface area contributed by atoms with Crippen molar-refractivity contribution in [3.63, 3.8) is 0 Å². The molecule has 0 saturated heterocycles. The molecular weight excluding hydrogens is 238 g/mol. The van der Waals surface area contributed by atoms with Crippen molar-refractivity contribution < 1.29 is 9.47 Å². The lowest BCUT2D eigenvalue weighted by Gasteiger charge is -2.11. The summed E-state index contributed by atoms with van der Waals surface area (Å²) in [6.07, 6.45) is 2.23. The molecule has 0 aromatic heterocycles. The van der Waals surface area contributed by atoms with Crippen LogP contribution in [0.25, 0.3) is 0 Å². The van der Waals surface area contributed by atoms with Gasteiger partial charge in [0, 0.05) is 23.7 Å². The molecule has 0 fully saturated rings. The summed E-state index contributed by atoms with van der Waals surface area (Å²) >= 11 is 6.02. The van der Waals surface area contributed by atoms with E-state index in [1.165, 1.54) is 0 Å². The standard InChI is InChI=1S/C13H20ClNO2/c1-2-3-7-16-8-9-17-13-6-4-5-12(14)11(13)10-15/h4-6H,2-3,7-10,15H2,1H3. The van der Waals surface area contributed by atoms with Gasteiger partial charge in [0.15, 0.2) is 0 Å². The van der Waals surface area contributed by atoms with Crippen molar-refractivity contribution in [3.8, 4) is 5.75 Å². The average molecular weight is 258 g/mol. The van der Waals surface area contributed by atoms with E-state index in [4.69, 9.17) is 26.8 Å². The van der Waals surface area contributed by atoms with Crippen LogP contribution in [0.3, 0.4) is 0 Å². The number of benzene rings is 1. The van der Waals surface area contributed by atoms with E-state index in [0.29, 0.717) is 24.8 Å². The molecule has 0 aliphatic heterocycles. The predicted molar refractivity (Wildman–Crippen MR) is 70.6 cm³/mol. The summed E-state index contributed by atoms with van der Waals surface area (Å²) in [5, 5.41) is 0.650. The normalized spacial score (nSPS) is 10.5. The van der Waals surface area contributed by atoms with Gasteiger partial charge < -0.3 is 15.2 Å². The minimum atomic E-state index is 0.381. The molecule has 0 atom stereocenters. The third-order valence-corrected chi connectivity index (χ3v) is 2.76. The van der Waals surface area contributed by atoms with Crippen molar-refractivity contribution in [1.29, 1.82) is 0 Å². The molecule has 0 aliphatic rings. The first-order valence-electron chi connectivity index (χ1n) is 5.97. The summed E-state index contributed by atoms with van der Waals surface area (Å²) in [5.74, 6) is 0.749. The molecule has 0 amide bonds. The van der Waals surface area contributed by atoms with Gasteiger partial charge in [0.2, 0.25) is 0 Å². The third kappa shape index (κ3) is 4.94. The highest BCUT2D eigenvalue weighted by molar-refractivity contribution is 6.31. The lowest BCUT2D eigenvalue weighted by atomic mass is 10.2. The second kappa shape index (κ2) is 8.34. The van der Waals surface area contributed by atoms with Crippen LogP contribution in [-0.2, 0) is 11.3 Å². The highest BCUT2D eigenvalue weighted by Gasteiger charge is 2.05. The van der Waals surface area contributed by atoms with Crippen molar-refractivity contribution in [3.05, 3.63) is 28.8 Å². The van der Waals surface area contributed by atoms with Crippen LogP contribution in [0.5, 0.6) is 5.75 Å². The Morgan fingerprint density at radius 2 is 2.06 bits per heavy atom. The third-order valence-electron chi connectivity index (χ3n) is 2.41. The molecule has 96 valence electrons. The molecule has 0 radical (unpaired) electrons. The van der Waals surface area contributed by atoms with E-state index in [9.17, 15) is 0 Å². The Hall–Kier alpha value is -0.770. The quantitative estimate of drug-likeness (QED) is 0.728. The SMILES string of the molecule is CCCCOCCOc1cccc(Cl)c1CN. The highest BCUT2D eigenvalue weighted by Crippen LogP contribution is 2.25. The zero-order valence-corrected chi connectivity index (χ0v) is 11.0. The molecule has 0 unspecified atom stereocenters. The Bertz CT molecular complexity index is 331. The van der Waals surface area contributed by atoms with Gasteiger partial charge in [-0.05, 0) is 18.6 Å². The summed E-state index contributed by atoms with van der Waals surface area (Å²) in [4.78, 5) is 0. The molecule has 3 nitrogen and oxygen atoms in total. The van der Waals surface area contributed by atoms with Gasteiger partial charge in [0.1, 0.15) is 12.4 Å². The fourth-order valence-corrected chi connectivity index (χ4v) is 1.67. The van der Waals surface area contributed by atoms with Crippen LogP contribution in [0.15, 0.2) is 18.2 Å². The van der Waals surface area contributed by atoms with Crippen LogP contribution in [0.1, 0.15) is 25.3 Å². The second-order valence-electron chi connectivity index (χ2n) is 3.74. The molecule has 0 bridgehead atoms. The summed E-state index contributed by atoms with van der Waals surface area (Å²) in [6, 6.07) is 5.54. The fourth-order valence-electron chi connectivity index (χ4n) is 1.43. The van der Waals surface area contributed by atoms with Crippen molar-refractivity contribution in [1.82, 2.24) is 0 Å². The lowest BCUT2D eigenvalue weighted by molar-refractivity contribution is 0.0977. The molecule has 0 heterocycles. The lowest BCUT2D eigenvalue weighted by Crippen LogP contribution is -2.09. The molecule has 2 N–H and O–H groups in total. The molecule has 0 spiro atoms. The van der Waals surface area contributed by atoms with Gasteiger partial charge in [-0.1, -0.05) is 31.0 Å². The first kappa shape index (κ1) is 14.3. The molecule has 17 heavy (non-hydrogen) atoms. The zero-order valence-electron chi connectivity index (χ0n) is 10.2.